The molecule has 2 atom stereocenters. The smallest absolute Gasteiger partial charge is 0.225 e. The fourth-order valence-electron chi connectivity index (χ4n) is 2.74. The van der Waals surface area contributed by atoms with E-state index in [1.165, 1.54) is 10.6 Å². The van der Waals surface area contributed by atoms with Crippen LogP contribution in [0.5, 0.6) is 0 Å². The van der Waals surface area contributed by atoms with E-state index in [0.29, 0.717) is 26.2 Å². The summed E-state index contributed by atoms with van der Waals surface area (Å²) in [5.74, 6) is 0.195. The van der Waals surface area contributed by atoms with Crippen molar-refractivity contribution in [1.29, 1.82) is 0 Å². The third-order valence-electron chi connectivity index (χ3n) is 3.84. The van der Waals surface area contributed by atoms with Gasteiger partial charge in [-0.25, -0.2) is 8.42 Å². The summed E-state index contributed by atoms with van der Waals surface area (Å²) in [6.45, 7) is 1.81. The van der Waals surface area contributed by atoms with Gasteiger partial charge in [0.25, 0.3) is 0 Å². The monoisotopic (exact) mass is 275 g/mol. The lowest BCUT2D eigenvalue weighted by Crippen LogP contribution is -2.51. The second-order valence-electron chi connectivity index (χ2n) is 5.26. The van der Waals surface area contributed by atoms with Gasteiger partial charge in [-0.3, -0.25) is 4.79 Å². The number of nitrogens with two attached hydrogens (primary N) is 1. The molecule has 104 valence electrons. The van der Waals surface area contributed by atoms with Crippen LogP contribution < -0.4 is 5.73 Å². The van der Waals surface area contributed by atoms with Crippen LogP contribution >= 0.6 is 0 Å². The average molecular weight is 275 g/mol. The highest BCUT2D eigenvalue weighted by atomic mass is 32.2. The summed E-state index contributed by atoms with van der Waals surface area (Å²) in [4.78, 5) is 14.0. The number of rotatable bonds is 2. The molecule has 0 aromatic rings. The van der Waals surface area contributed by atoms with E-state index in [1.54, 1.807) is 4.90 Å². The largest absolute Gasteiger partial charge is 0.340 e. The third kappa shape index (κ3) is 3.02. The Balaban J connectivity index is 1.88. The Hall–Kier alpha value is -0.660. The van der Waals surface area contributed by atoms with Gasteiger partial charge in [0.2, 0.25) is 15.9 Å². The fraction of sp³-hybridized carbons (Fsp3) is 0.909. The molecule has 1 aliphatic heterocycles. The van der Waals surface area contributed by atoms with E-state index in [-0.39, 0.29) is 17.9 Å². The molecule has 0 radical (unpaired) electrons. The minimum Gasteiger partial charge on any atom is -0.340 e. The van der Waals surface area contributed by atoms with Gasteiger partial charge in [-0.15, -0.1) is 0 Å². The van der Waals surface area contributed by atoms with Crippen molar-refractivity contribution < 1.29 is 13.2 Å². The number of hydrogen-bond acceptors (Lipinski definition) is 4. The molecule has 0 aromatic carbocycles. The number of carbonyl (C=O) groups excluding carboxylic acids is 1. The van der Waals surface area contributed by atoms with E-state index in [9.17, 15) is 13.2 Å². The molecule has 6 nitrogen and oxygen atoms in total. The Kier molecular flexibility index (Phi) is 3.93. The highest BCUT2D eigenvalue weighted by Crippen LogP contribution is 2.26. The number of amides is 1. The van der Waals surface area contributed by atoms with Gasteiger partial charge in [0, 0.05) is 38.1 Å². The standard InChI is InChI=1S/C11H21N3O3S/c1-18(16,17)14-6-4-13(5-7-14)11(15)9-2-3-10(12)8-9/h9-10H,2-8,12H2,1H3. The molecule has 1 saturated heterocycles. The summed E-state index contributed by atoms with van der Waals surface area (Å²) in [7, 11) is -3.13. The van der Waals surface area contributed by atoms with Crippen LogP contribution in [0.4, 0.5) is 0 Å². The molecule has 2 aliphatic rings. The lowest BCUT2D eigenvalue weighted by molar-refractivity contribution is -0.136. The van der Waals surface area contributed by atoms with Gasteiger partial charge in [0.05, 0.1) is 6.26 Å². The quantitative estimate of drug-likeness (QED) is 0.716. The second-order valence-corrected chi connectivity index (χ2v) is 7.24. The Morgan fingerprint density at radius 1 is 1.17 bits per heavy atom. The first kappa shape index (κ1) is 13.8. The maximum atomic E-state index is 12.2. The lowest BCUT2D eigenvalue weighted by atomic mass is 10.1. The predicted octanol–water partition coefficient (Wildman–Crippen LogP) is -0.782. The van der Waals surface area contributed by atoms with Crippen LogP contribution in [0.25, 0.3) is 0 Å². The lowest BCUT2D eigenvalue weighted by Gasteiger charge is -2.34. The number of sulfonamides is 1. The van der Waals surface area contributed by atoms with Gasteiger partial charge in [-0.05, 0) is 19.3 Å². The zero-order valence-corrected chi connectivity index (χ0v) is 11.5. The van der Waals surface area contributed by atoms with Gasteiger partial charge in [0.15, 0.2) is 0 Å². The van der Waals surface area contributed by atoms with Gasteiger partial charge >= 0.3 is 0 Å². The molecule has 0 bridgehead atoms. The number of piperazine rings is 1. The number of nitrogens with zero attached hydrogens (tertiary/aromatic N) is 2. The van der Waals surface area contributed by atoms with E-state index < -0.39 is 10.0 Å². The normalized spacial score (nSPS) is 30.7. The van der Waals surface area contributed by atoms with Crippen molar-refractivity contribution in [2.75, 3.05) is 32.4 Å². The molecule has 2 unspecified atom stereocenters. The number of hydrogen-bond donors (Lipinski definition) is 1. The van der Waals surface area contributed by atoms with Crippen LogP contribution in [-0.4, -0.2) is 62.0 Å². The minimum atomic E-state index is -3.13. The molecular formula is C11H21N3O3S. The minimum absolute atomic E-state index is 0.0461. The summed E-state index contributed by atoms with van der Waals surface area (Å²) < 4.78 is 24.2. The van der Waals surface area contributed by atoms with E-state index >= 15 is 0 Å². The zero-order valence-electron chi connectivity index (χ0n) is 10.7. The van der Waals surface area contributed by atoms with Crippen LogP contribution in [0.15, 0.2) is 0 Å². The van der Waals surface area contributed by atoms with Crippen molar-refractivity contribution in [3.05, 3.63) is 0 Å². The van der Waals surface area contributed by atoms with E-state index in [1.807, 2.05) is 0 Å². The second kappa shape index (κ2) is 5.14. The predicted molar refractivity (Wildman–Crippen MR) is 68.3 cm³/mol. The average Bonchev–Trinajstić information content (AvgIpc) is 2.74. The highest BCUT2D eigenvalue weighted by Gasteiger charge is 2.33. The van der Waals surface area contributed by atoms with Gasteiger partial charge in [-0.2, -0.15) is 4.31 Å². The summed E-state index contributed by atoms with van der Waals surface area (Å²) in [5, 5.41) is 0. The first-order chi connectivity index (χ1) is 8.38. The van der Waals surface area contributed by atoms with Crippen molar-refractivity contribution in [2.45, 2.75) is 25.3 Å². The first-order valence-corrected chi connectivity index (χ1v) is 8.22. The van der Waals surface area contributed by atoms with Crippen LogP contribution in [0, 0.1) is 5.92 Å². The Bertz CT molecular complexity index is 415. The van der Waals surface area contributed by atoms with Crippen molar-refractivity contribution >= 4 is 15.9 Å². The van der Waals surface area contributed by atoms with Crippen LogP contribution in [0.3, 0.4) is 0 Å². The summed E-state index contributed by atoms with van der Waals surface area (Å²) in [6.07, 6.45) is 3.76. The molecule has 0 spiro atoms. The SMILES string of the molecule is CS(=O)(=O)N1CCN(C(=O)C2CCC(N)C2)CC1. The highest BCUT2D eigenvalue weighted by molar-refractivity contribution is 7.88. The summed E-state index contributed by atoms with van der Waals surface area (Å²) >= 11 is 0. The van der Waals surface area contributed by atoms with Crippen molar-refractivity contribution in [2.24, 2.45) is 11.7 Å². The molecule has 2 fully saturated rings. The first-order valence-electron chi connectivity index (χ1n) is 6.37. The molecular weight excluding hydrogens is 254 g/mol. The maximum Gasteiger partial charge on any atom is 0.225 e. The Labute approximate surface area is 108 Å². The Morgan fingerprint density at radius 2 is 1.78 bits per heavy atom. The molecule has 2 rings (SSSR count). The van der Waals surface area contributed by atoms with E-state index in [2.05, 4.69) is 0 Å². The molecule has 1 aliphatic carbocycles. The van der Waals surface area contributed by atoms with E-state index in [4.69, 9.17) is 5.73 Å². The molecule has 1 amide bonds. The molecule has 7 heteroatoms. The third-order valence-corrected chi connectivity index (χ3v) is 5.14. The summed E-state index contributed by atoms with van der Waals surface area (Å²) in [5.41, 5.74) is 5.81. The van der Waals surface area contributed by atoms with E-state index in [0.717, 1.165) is 19.3 Å². The molecule has 1 saturated carbocycles. The maximum absolute atomic E-state index is 12.2. The Morgan fingerprint density at radius 3 is 2.22 bits per heavy atom. The van der Waals surface area contributed by atoms with Crippen molar-refractivity contribution in [3.63, 3.8) is 0 Å². The molecule has 18 heavy (non-hydrogen) atoms. The van der Waals surface area contributed by atoms with Gasteiger partial charge in [0.1, 0.15) is 0 Å². The van der Waals surface area contributed by atoms with Crippen LogP contribution in [-0.2, 0) is 14.8 Å². The zero-order chi connectivity index (χ0) is 13.3. The topological polar surface area (TPSA) is 83.7 Å². The molecule has 2 N–H and O–H groups in total. The molecule has 0 aromatic heterocycles. The molecule has 1 heterocycles. The van der Waals surface area contributed by atoms with Crippen molar-refractivity contribution in [3.8, 4) is 0 Å². The summed E-state index contributed by atoms with van der Waals surface area (Å²) in [6, 6.07) is 0.149. The van der Waals surface area contributed by atoms with Crippen LogP contribution in [0.1, 0.15) is 19.3 Å². The fourth-order valence-corrected chi connectivity index (χ4v) is 3.57. The van der Waals surface area contributed by atoms with Gasteiger partial charge < -0.3 is 10.6 Å². The van der Waals surface area contributed by atoms with Gasteiger partial charge in [-0.1, -0.05) is 0 Å². The van der Waals surface area contributed by atoms with Crippen molar-refractivity contribution in [1.82, 2.24) is 9.21 Å². The number of carbonyl (C=O) groups is 1. The van der Waals surface area contributed by atoms with Crippen LogP contribution in [0.2, 0.25) is 0 Å².